The molecular weight excluding hydrogens is 1630 g/mol. The molecule has 0 atom stereocenters. The first-order chi connectivity index (χ1) is 55.3. The van der Waals surface area contributed by atoms with Crippen molar-refractivity contribution < 1.29 is 138 Å². The maximum atomic E-state index is 11.9. The van der Waals surface area contributed by atoms with E-state index in [1.807, 2.05) is 0 Å². The van der Waals surface area contributed by atoms with Crippen molar-refractivity contribution in [1.29, 1.82) is 42.1 Å². The lowest BCUT2D eigenvalue weighted by Crippen LogP contribution is -2.35. The van der Waals surface area contributed by atoms with Gasteiger partial charge in [0, 0.05) is 34.5 Å². The van der Waals surface area contributed by atoms with Crippen LogP contribution in [0.1, 0.15) is 67.1 Å². The second kappa shape index (κ2) is 59.4. The molecule has 0 radical (unpaired) electrons. The Kier molecular flexibility index (Phi) is 54.3. The highest BCUT2D eigenvalue weighted by Crippen LogP contribution is 2.14. The summed E-state index contributed by atoms with van der Waals surface area (Å²) in [6.45, 7) is 35.0. The standard InChI is InChI=1S/C18H26O13S4.2C16H12N2O4.C14H16N2O4.C12H12N2O5/c1-5-32(21,22)11-15(12-33(23,24)6-2)30-17(19)9-29-10-18(20)31-16(13-34(25,26)7-3)14-35(27,28)8-4;1-11(7-17)9-21-15(19)13-3-5-14(6-4-13)16(20)22-10-12(2)8-18;1-11(7-17)9-21-15(19)13-4-3-5-14(6-13)16(20)22-10-12(2)8-18;1-11(7-15)9-19-13(17)5-3-4-6-14(18)20-10-12(2)8-16;1-9(3-13)5-18-11(15)7-17-8-12(16)19-6-10(2)4-14/h5-8,15-16H,1-4,9-14H2;2*3-6H,1-2,9-10H2;1-6,9-10H2;1-2,5-8H2. The molecule has 0 aliphatic carbocycles. The first kappa shape index (κ1) is 108. The van der Waals surface area contributed by atoms with Gasteiger partial charge in [0.15, 0.2) is 39.3 Å². The summed E-state index contributed by atoms with van der Waals surface area (Å²) in [5, 5.41) is 69.8. The molecule has 2 rings (SSSR count). The zero-order chi connectivity index (χ0) is 90.6. The summed E-state index contributed by atoms with van der Waals surface area (Å²) in [5.74, 6) is -11.0. The summed E-state index contributed by atoms with van der Waals surface area (Å²) >= 11 is 0. The van der Waals surface area contributed by atoms with Crippen molar-refractivity contribution in [3.05, 3.63) is 216 Å². The van der Waals surface area contributed by atoms with E-state index in [1.165, 1.54) is 48.5 Å². The highest BCUT2D eigenvalue weighted by Gasteiger charge is 2.29. The Hall–Kier alpha value is -14.3. The number of rotatable bonds is 47. The quantitative estimate of drug-likeness (QED) is 0.0345. The van der Waals surface area contributed by atoms with Crippen LogP contribution in [0.2, 0.25) is 0 Å². The molecule has 0 aliphatic heterocycles. The van der Waals surface area contributed by atoms with E-state index in [1.54, 1.807) is 48.6 Å². The number of nitriles is 8. The van der Waals surface area contributed by atoms with Crippen LogP contribution >= 0.6 is 0 Å². The molecule has 0 unspecified atom stereocenters. The van der Waals surface area contributed by atoms with Gasteiger partial charge in [-0.25, -0.2) is 72.0 Å². The number of hydrogen-bond acceptors (Lipinski definition) is 38. The van der Waals surface area contributed by atoms with Gasteiger partial charge in [-0.15, -0.1) is 0 Å². The Morgan fingerprint density at radius 3 is 0.720 bits per heavy atom. The van der Waals surface area contributed by atoms with Crippen LogP contribution < -0.4 is 0 Å². The molecule has 0 heterocycles. The van der Waals surface area contributed by atoms with Gasteiger partial charge in [0.25, 0.3) is 0 Å². The lowest BCUT2D eigenvalue weighted by molar-refractivity contribution is -0.159. The smallest absolute Gasteiger partial charge is 0.338 e. The maximum absolute atomic E-state index is 11.9. The summed E-state index contributed by atoms with van der Waals surface area (Å²) in [7, 11) is -15.9. The van der Waals surface area contributed by atoms with E-state index in [9.17, 15) is 81.6 Å². The maximum Gasteiger partial charge on any atom is 0.338 e. The first-order valence-corrected chi connectivity index (χ1v) is 39.3. The molecular formula is C76H78N8O30S4. The summed E-state index contributed by atoms with van der Waals surface area (Å²) in [6.07, 6.45) is -1.99. The minimum Gasteiger partial charge on any atom is -0.460 e. The molecule has 2 aromatic rings. The van der Waals surface area contributed by atoms with Gasteiger partial charge in [-0.2, -0.15) is 42.1 Å². The van der Waals surface area contributed by atoms with Crippen LogP contribution in [0.4, 0.5) is 0 Å². The van der Waals surface area contributed by atoms with Crippen molar-refractivity contribution in [3.63, 3.8) is 0 Å². The Labute approximate surface area is 680 Å². The minimum atomic E-state index is -3.97. The van der Waals surface area contributed by atoms with E-state index in [2.05, 4.69) is 88.4 Å². The Bertz CT molecular complexity index is 4590. The van der Waals surface area contributed by atoms with Gasteiger partial charge >= 0.3 is 59.7 Å². The first-order valence-electron chi connectivity index (χ1n) is 32.4. The van der Waals surface area contributed by atoms with Gasteiger partial charge in [0.1, 0.15) is 91.5 Å². The van der Waals surface area contributed by atoms with Gasteiger partial charge in [-0.05, 0) is 55.3 Å². The molecule has 0 saturated carbocycles. The van der Waals surface area contributed by atoms with E-state index in [0.29, 0.717) is 34.5 Å². The van der Waals surface area contributed by atoms with Gasteiger partial charge in [0.05, 0.1) is 138 Å². The molecule has 0 bridgehead atoms. The van der Waals surface area contributed by atoms with E-state index in [0.717, 1.165) is 0 Å². The number of carbonyl (C=O) groups excluding carboxylic acids is 10. The Morgan fingerprint density at radius 2 is 0.500 bits per heavy atom. The lowest BCUT2D eigenvalue weighted by atomic mass is 10.1. The predicted molar refractivity (Wildman–Crippen MR) is 412 cm³/mol. The number of benzene rings is 2. The highest BCUT2D eigenvalue weighted by molar-refractivity contribution is 7.95. The van der Waals surface area contributed by atoms with Crippen molar-refractivity contribution in [2.45, 2.75) is 37.9 Å². The molecule has 0 aromatic heterocycles. The molecule has 0 fully saturated rings. The van der Waals surface area contributed by atoms with Crippen LogP contribution in [0, 0.1) is 90.6 Å². The molecule has 2 aromatic carbocycles. The molecule has 38 nitrogen and oxygen atoms in total. The fraction of sp³-hybridized carbons (Fsp3) is 0.289. The van der Waals surface area contributed by atoms with Crippen molar-refractivity contribution in [2.75, 3.05) is 102 Å². The second-order valence-corrected chi connectivity index (χ2v) is 30.2. The average Bonchev–Trinajstić information content (AvgIpc) is 0.871. The second-order valence-electron chi connectivity index (χ2n) is 22.2. The minimum absolute atomic E-state index is 0.0998. The largest absolute Gasteiger partial charge is 0.460 e. The summed E-state index contributed by atoms with van der Waals surface area (Å²) < 4.78 is 151. The van der Waals surface area contributed by atoms with Crippen LogP contribution in [0.25, 0.3) is 0 Å². The van der Waals surface area contributed by atoms with Gasteiger partial charge in [-0.1, -0.05) is 85.0 Å². The molecule has 0 aliphatic rings. The van der Waals surface area contributed by atoms with Gasteiger partial charge < -0.3 is 56.8 Å². The molecule has 0 N–H and O–H groups in total. The number of sulfone groups is 4. The Balaban J connectivity index is -0.00000143. The summed E-state index contributed by atoms with van der Waals surface area (Å²) in [6, 6.07) is 25.3. The molecule has 0 spiro atoms. The predicted octanol–water partition coefficient (Wildman–Crippen LogP) is 5.42. The van der Waals surface area contributed by atoms with Crippen LogP contribution in [0.3, 0.4) is 0 Å². The summed E-state index contributed by atoms with van der Waals surface area (Å²) in [5.41, 5.74) is 1.77. The number of nitrogens with zero attached hydrogens (tertiary/aromatic N) is 8. The van der Waals surface area contributed by atoms with E-state index < -0.39 is 161 Å². The van der Waals surface area contributed by atoms with Crippen LogP contribution in [0.5, 0.6) is 0 Å². The van der Waals surface area contributed by atoms with Crippen molar-refractivity contribution in [3.8, 4) is 48.6 Å². The average molecular weight is 1710 g/mol. The SMILES string of the molecule is C=C(C#N)COC(=O)CCCCC(=O)OCC(=C)C#N.C=C(C#N)COC(=O)COCC(=O)OCC(=C)C#N.C=C(C#N)COC(=O)c1ccc(C(=O)OCC(=C)C#N)cc1.C=C(C#N)COC(=O)c1cccc(C(=O)OCC(=C)C#N)c1.C=CS(=O)(=O)CC(CS(=O)(=O)C=C)OC(=O)COCC(=O)OC(CS(=O)(=O)C=C)CS(=O)(=O)C=C. The monoisotopic (exact) mass is 1710 g/mol. The number of ether oxygens (including phenoxy) is 12. The highest BCUT2D eigenvalue weighted by atomic mass is 32.2. The number of carbonyl (C=O) groups is 10. The van der Waals surface area contributed by atoms with Crippen molar-refractivity contribution in [1.82, 2.24) is 0 Å². The number of hydrogen-bond donors (Lipinski definition) is 0. The number of esters is 10. The van der Waals surface area contributed by atoms with Gasteiger partial charge in [-0.3, -0.25) is 9.59 Å². The molecule has 626 valence electrons. The van der Waals surface area contributed by atoms with Crippen LogP contribution in [-0.4, -0.2) is 208 Å². The molecule has 42 heteroatoms. The van der Waals surface area contributed by atoms with Crippen molar-refractivity contribution in [2.24, 2.45) is 0 Å². The number of unbranched alkanes of at least 4 members (excludes halogenated alkanes) is 1. The Morgan fingerprint density at radius 1 is 0.297 bits per heavy atom. The van der Waals surface area contributed by atoms with Gasteiger partial charge in [0.2, 0.25) is 0 Å². The molecule has 0 saturated heterocycles. The molecule has 0 amide bonds. The fourth-order valence-corrected chi connectivity index (χ4v) is 10.2. The van der Waals surface area contributed by atoms with E-state index in [4.69, 9.17) is 89.5 Å². The molecule has 118 heavy (non-hydrogen) atoms. The van der Waals surface area contributed by atoms with E-state index in [-0.39, 0.29) is 133 Å². The van der Waals surface area contributed by atoms with E-state index >= 15 is 0 Å². The van der Waals surface area contributed by atoms with Crippen LogP contribution in [0.15, 0.2) is 194 Å². The lowest BCUT2D eigenvalue weighted by Gasteiger charge is -2.17. The zero-order valence-corrected chi connectivity index (χ0v) is 66.4. The third kappa shape index (κ3) is 55.2. The normalized spacial score (nSPS) is 10.0. The third-order valence-electron chi connectivity index (χ3n) is 12.3. The van der Waals surface area contributed by atoms with Crippen molar-refractivity contribution >= 4 is 99.0 Å². The zero-order valence-electron chi connectivity index (χ0n) is 63.2. The van der Waals surface area contributed by atoms with Crippen LogP contribution in [-0.2, 0) is 125 Å². The summed E-state index contributed by atoms with van der Waals surface area (Å²) in [4.78, 5) is 115. The topological polar surface area (TPSA) is 608 Å². The third-order valence-corrected chi connectivity index (χ3v) is 17.6. The fourth-order valence-electron chi connectivity index (χ4n) is 6.57.